The van der Waals surface area contributed by atoms with Crippen molar-refractivity contribution in [2.24, 2.45) is 5.41 Å². The van der Waals surface area contributed by atoms with E-state index in [1.165, 1.54) is 17.1 Å². The zero-order valence-electron chi connectivity index (χ0n) is 18.2. The number of aldehydes is 1. The molecule has 30 heavy (non-hydrogen) atoms. The maximum absolute atomic E-state index is 13.4. The Labute approximate surface area is 177 Å². The van der Waals surface area contributed by atoms with Gasteiger partial charge in [-0.05, 0) is 45.8 Å². The number of piperidine rings is 1. The van der Waals surface area contributed by atoms with E-state index in [2.05, 4.69) is 5.32 Å². The predicted octanol–water partition coefficient (Wildman–Crippen LogP) is 3.03. The standard InChI is InChI=1S/C22H33FN2O5/c1-20(2,3)30-19(28)25-13-11-22(29,12-14-25)18(27)24-17(6-5-15-26)21(4)9-7-16(23)8-10-21/h7-9,15,17,29H,5-6,10-14H2,1-4H3,(H,24,27)/t17-,21?/m0/s1. The first-order chi connectivity index (χ1) is 13.9. The van der Waals surface area contributed by atoms with Crippen LogP contribution in [0.1, 0.15) is 59.8 Å². The molecule has 0 saturated carbocycles. The Balaban J connectivity index is 2.03. The maximum atomic E-state index is 13.4. The molecule has 0 bridgehead atoms. The molecular weight excluding hydrogens is 391 g/mol. The van der Waals surface area contributed by atoms with Crippen LogP contribution in [0, 0.1) is 5.41 Å². The van der Waals surface area contributed by atoms with Crippen LogP contribution in [-0.2, 0) is 14.3 Å². The molecule has 8 heteroatoms. The molecule has 1 fully saturated rings. The fourth-order valence-corrected chi connectivity index (χ4v) is 3.69. The minimum atomic E-state index is -1.62. The highest BCUT2D eigenvalue weighted by molar-refractivity contribution is 5.85. The molecule has 0 aromatic carbocycles. The molecule has 0 spiro atoms. The molecule has 2 atom stereocenters. The maximum Gasteiger partial charge on any atom is 0.410 e. The number of nitrogens with zero attached hydrogens (tertiary/aromatic N) is 1. The molecule has 1 aliphatic heterocycles. The van der Waals surface area contributed by atoms with Gasteiger partial charge in [0.1, 0.15) is 23.3 Å². The number of nitrogens with one attached hydrogen (secondary N) is 1. The first kappa shape index (κ1) is 24.1. The topological polar surface area (TPSA) is 95.9 Å². The second-order valence-corrected chi connectivity index (χ2v) is 9.40. The Bertz CT molecular complexity index is 720. The van der Waals surface area contributed by atoms with Crippen molar-refractivity contribution in [3.05, 3.63) is 24.1 Å². The third-order valence-corrected chi connectivity index (χ3v) is 5.70. The molecule has 2 amide bonds. The van der Waals surface area contributed by atoms with Gasteiger partial charge in [0.05, 0.1) is 0 Å². The van der Waals surface area contributed by atoms with Gasteiger partial charge in [-0.3, -0.25) is 4.79 Å². The van der Waals surface area contributed by atoms with Crippen molar-refractivity contribution in [3.8, 4) is 0 Å². The first-order valence-corrected chi connectivity index (χ1v) is 10.4. The number of carbonyl (C=O) groups excluding carboxylic acids is 3. The molecule has 0 aromatic rings. The molecule has 7 nitrogen and oxygen atoms in total. The lowest BCUT2D eigenvalue weighted by atomic mass is 9.74. The lowest BCUT2D eigenvalue weighted by Gasteiger charge is -2.41. The normalized spacial score (nSPS) is 24.6. The van der Waals surface area contributed by atoms with E-state index in [0.29, 0.717) is 12.8 Å². The van der Waals surface area contributed by atoms with Gasteiger partial charge in [0.2, 0.25) is 0 Å². The highest BCUT2D eigenvalue weighted by Gasteiger charge is 2.43. The molecule has 0 radical (unpaired) electrons. The van der Waals surface area contributed by atoms with Gasteiger partial charge in [-0.25, -0.2) is 9.18 Å². The lowest BCUT2D eigenvalue weighted by Crippen LogP contribution is -2.58. The quantitative estimate of drug-likeness (QED) is 0.639. The van der Waals surface area contributed by atoms with Crippen LogP contribution in [0.15, 0.2) is 24.1 Å². The number of hydrogen-bond acceptors (Lipinski definition) is 5. The zero-order chi connectivity index (χ0) is 22.6. The van der Waals surface area contributed by atoms with Gasteiger partial charge in [0.25, 0.3) is 5.91 Å². The van der Waals surface area contributed by atoms with Gasteiger partial charge >= 0.3 is 6.09 Å². The van der Waals surface area contributed by atoms with Crippen LogP contribution in [0.25, 0.3) is 0 Å². The van der Waals surface area contributed by atoms with E-state index in [-0.39, 0.29) is 38.2 Å². The van der Waals surface area contributed by atoms with Crippen LogP contribution in [0.2, 0.25) is 0 Å². The van der Waals surface area contributed by atoms with E-state index in [1.807, 2.05) is 6.92 Å². The number of rotatable bonds is 6. The summed E-state index contributed by atoms with van der Waals surface area (Å²) in [6.45, 7) is 7.61. The van der Waals surface area contributed by atoms with Crippen LogP contribution in [0.3, 0.4) is 0 Å². The van der Waals surface area contributed by atoms with Gasteiger partial charge in [0, 0.05) is 43.8 Å². The third kappa shape index (κ3) is 6.14. The van der Waals surface area contributed by atoms with Gasteiger partial charge in [-0.1, -0.05) is 13.0 Å². The molecule has 1 unspecified atom stereocenters. The summed E-state index contributed by atoms with van der Waals surface area (Å²) in [5, 5.41) is 13.8. The SMILES string of the molecule is CC(C)(C)OC(=O)N1CCC(O)(C(=O)N[C@@H](CCC=O)C2(C)C=CC(F)=CC2)CC1. The van der Waals surface area contributed by atoms with Crippen LogP contribution in [0.5, 0.6) is 0 Å². The summed E-state index contributed by atoms with van der Waals surface area (Å²) in [5.74, 6) is -0.868. The van der Waals surface area contributed by atoms with Crippen molar-refractivity contribution in [1.82, 2.24) is 10.2 Å². The van der Waals surface area contributed by atoms with Crippen molar-refractivity contribution in [2.75, 3.05) is 13.1 Å². The molecule has 2 N–H and O–H groups in total. The number of hydrogen-bond donors (Lipinski definition) is 2. The van der Waals surface area contributed by atoms with Crippen molar-refractivity contribution in [1.29, 1.82) is 0 Å². The van der Waals surface area contributed by atoms with Crippen LogP contribution < -0.4 is 5.32 Å². The molecule has 1 heterocycles. The summed E-state index contributed by atoms with van der Waals surface area (Å²) >= 11 is 0. The lowest BCUT2D eigenvalue weighted by molar-refractivity contribution is -0.146. The van der Waals surface area contributed by atoms with Crippen molar-refractivity contribution in [3.63, 3.8) is 0 Å². The van der Waals surface area contributed by atoms with Gasteiger partial charge < -0.3 is 24.9 Å². The van der Waals surface area contributed by atoms with Crippen molar-refractivity contribution in [2.45, 2.75) is 77.0 Å². The Morgan fingerprint density at radius 1 is 1.37 bits per heavy atom. The highest BCUT2D eigenvalue weighted by Crippen LogP contribution is 2.36. The number of allylic oxidation sites excluding steroid dienone is 3. The van der Waals surface area contributed by atoms with Crippen LogP contribution in [0.4, 0.5) is 9.18 Å². The second kappa shape index (κ2) is 9.29. The fraction of sp³-hybridized carbons (Fsp3) is 0.682. The molecule has 2 aliphatic rings. The summed E-state index contributed by atoms with van der Waals surface area (Å²) in [4.78, 5) is 37.5. The molecule has 1 aliphatic carbocycles. The predicted molar refractivity (Wildman–Crippen MR) is 110 cm³/mol. The van der Waals surface area contributed by atoms with Gasteiger partial charge in [0.15, 0.2) is 0 Å². The minimum Gasteiger partial charge on any atom is -0.444 e. The van der Waals surface area contributed by atoms with E-state index < -0.39 is 34.7 Å². The fourth-order valence-electron chi connectivity index (χ4n) is 3.69. The molecule has 168 valence electrons. The summed E-state index contributed by atoms with van der Waals surface area (Å²) < 4.78 is 18.8. The molecular formula is C22H33FN2O5. The number of likely N-dealkylation sites (tertiary alicyclic amines) is 1. The van der Waals surface area contributed by atoms with E-state index in [4.69, 9.17) is 4.74 Å². The molecule has 1 saturated heterocycles. The monoisotopic (exact) mass is 424 g/mol. The Kier molecular flexibility index (Phi) is 7.45. The number of amides is 2. The van der Waals surface area contributed by atoms with E-state index >= 15 is 0 Å². The summed E-state index contributed by atoms with van der Waals surface area (Å²) in [6.07, 6.45) is 5.99. The number of carbonyl (C=O) groups is 3. The van der Waals surface area contributed by atoms with Crippen LogP contribution >= 0.6 is 0 Å². The van der Waals surface area contributed by atoms with Crippen LogP contribution in [-0.4, -0.2) is 58.6 Å². The average Bonchev–Trinajstić information content (AvgIpc) is 2.66. The van der Waals surface area contributed by atoms with Gasteiger partial charge in [-0.2, -0.15) is 0 Å². The molecule has 0 aromatic heterocycles. The third-order valence-electron chi connectivity index (χ3n) is 5.70. The Morgan fingerprint density at radius 3 is 2.50 bits per heavy atom. The van der Waals surface area contributed by atoms with E-state index in [0.717, 1.165) is 6.29 Å². The zero-order valence-corrected chi connectivity index (χ0v) is 18.2. The minimum absolute atomic E-state index is 0.0829. The second-order valence-electron chi connectivity index (χ2n) is 9.40. The summed E-state index contributed by atoms with van der Waals surface area (Å²) in [6, 6.07) is -0.441. The Hall–Kier alpha value is -2.22. The summed E-state index contributed by atoms with van der Waals surface area (Å²) in [7, 11) is 0. The van der Waals surface area contributed by atoms with Gasteiger partial charge in [-0.15, -0.1) is 0 Å². The smallest absolute Gasteiger partial charge is 0.410 e. The Morgan fingerprint density at radius 2 is 2.00 bits per heavy atom. The van der Waals surface area contributed by atoms with Crippen molar-refractivity contribution < 1.29 is 28.6 Å². The molecule has 2 rings (SSSR count). The number of ether oxygens (including phenoxy) is 1. The number of halogens is 1. The number of aliphatic hydroxyl groups is 1. The van der Waals surface area contributed by atoms with Crippen molar-refractivity contribution >= 4 is 18.3 Å². The summed E-state index contributed by atoms with van der Waals surface area (Å²) in [5.41, 5.74) is -2.81. The largest absolute Gasteiger partial charge is 0.444 e. The average molecular weight is 425 g/mol. The van der Waals surface area contributed by atoms with E-state index in [1.54, 1.807) is 26.8 Å². The first-order valence-electron chi connectivity index (χ1n) is 10.4. The van der Waals surface area contributed by atoms with E-state index in [9.17, 15) is 23.9 Å². The highest BCUT2D eigenvalue weighted by atomic mass is 19.1.